The van der Waals surface area contributed by atoms with Crippen LogP contribution in [0.1, 0.15) is 18.4 Å². The highest BCUT2D eigenvalue weighted by Crippen LogP contribution is 2.19. The van der Waals surface area contributed by atoms with Crippen LogP contribution in [0, 0.1) is 24.4 Å². The number of hydrogen-bond donors (Lipinski definition) is 3. The van der Waals surface area contributed by atoms with Gasteiger partial charge < -0.3 is 19.6 Å². The minimum Gasteiger partial charge on any atom is -0.361 e. The first-order valence-electron chi connectivity index (χ1n) is 8.90. The van der Waals surface area contributed by atoms with Crippen molar-refractivity contribution in [2.75, 3.05) is 31.5 Å². The van der Waals surface area contributed by atoms with Crippen LogP contribution in [0.5, 0.6) is 0 Å². The molecule has 1 saturated heterocycles. The van der Waals surface area contributed by atoms with Gasteiger partial charge in [0.15, 0.2) is 23.5 Å². The molecule has 0 aliphatic carbocycles. The third kappa shape index (κ3) is 4.48. The molecular formula is C18H23F3N4O2+2. The number of rotatable bonds is 5. The molecule has 6 nitrogen and oxygen atoms in total. The van der Waals surface area contributed by atoms with Crippen LogP contribution >= 0.6 is 0 Å². The molecule has 0 radical (unpaired) electrons. The summed E-state index contributed by atoms with van der Waals surface area (Å²) in [4.78, 5) is 14.8. The van der Waals surface area contributed by atoms with Gasteiger partial charge in [-0.25, -0.2) is 13.2 Å². The van der Waals surface area contributed by atoms with E-state index >= 15 is 0 Å². The van der Waals surface area contributed by atoms with E-state index in [-0.39, 0.29) is 5.69 Å². The third-order valence-electron chi connectivity index (χ3n) is 5.01. The average molecular weight is 384 g/mol. The maximum Gasteiger partial charge on any atom is 0.282 e. The van der Waals surface area contributed by atoms with E-state index in [2.05, 4.69) is 10.5 Å². The predicted octanol–water partition coefficient (Wildman–Crippen LogP) is -0.289. The van der Waals surface area contributed by atoms with Crippen molar-refractivity contribution in [1.82, 2.24) is 5.16 Å². The number of amides is 1. The zero-order valence-corrected chi connectivity index (χ0v) is 15.2. The Balaban J connectivity index is 1.53. The summed E-state index contributed by atoms with van der Waals surface area (Å²) in [6, 6.07) is 3.29. The van der Waals surface area contributed by atoms with Crippen molar-refractivity contribution >= 4 is 11.6 Å². The van der Waals surface area contributed by atoms with Crippen molar-refractivity contribution < 1.29 is 32.3 Å². The Labute approximate surface area is 154 Å². The second-order valence-electron chi connectivity index (χ2n) is 6.95. The monoisotopic (exact) mass is 384 g/mol. The van der Waals surface area contributed by atoms with Gasteiger partial charge in [0.25, 0.3) is 5.91 Å². The molecule has 0 unspecified atom stereocenters. The Morgan fingerprint density at radius 3 is 2.56 bits per heavy atom. The zero-order valence-electron chi connectivity index (χ0n) is 15.2. The maximum atomic E-state index is 13.7. The topological polar surface area (TPSA) is 64.0 Å². The summed E-state index contributed by atoms with van der Waals surface area (Å²) in [5.41, 5.74) is 0.557. The van der Waals surface area contributed by atoms with Crippen molar-refractivity contribution in [3.05, 3.63) is 47.1 Å². The van der Waals surface area contributed by atoms with Gasteiger partial charge in [0.05, 0.1) is 5.69 Å². The molecule has 1 atom stereocenters. The lowest BCUT2D eigenvalue weighted by Crippen LogP contribution is -3.29. The number of nitrogens with one attached hydrogen (secondary N) is 3. The van der Waals surface area contributed by atoms with Crippen molar-refractivity contribution in [1.29, 1.82) is 0 Å². The lowest BCUT2D eigenvalue weighted by atomic mass is 10.2. The molecular weight excluding hydrogens is 361 g/mol. The summed E-state index contributed by atoms with van der Waals surface area (Å²) in [5.74, 6) is -3.91. The van der Waals surface area contributed by atoms with Gasteiger partial charge in [-0.3, -0.25) is 4.79 Å². The molecule has 1 amide bonds. The van der Waals surface area contributed by atoms with E-state index in [0.717, 1.165) is 61.2 Å². The first kappa shape index (κ1) is 19.4. The minimum atomic E-state index is -1.59. The fraction of sp³-hybridized carbons (Fsp3) is 0.444. The smallest absolute Gasteiger partial charge is 0.282 e. The summed E-state index contributed by atoms with van der Waals surface area (Å²) in [5, 5.41) is 6.36. The Morgan fingerprint density at radius 1 is 1.22 bits per heavy atom. The average Bonchev–Trinajstić information content (AvgIpc) is 3.07. The van der Waals surface area contributed by atoms with Crippen LogP contribution in [0.25, 0.3) is 0 Å². The Kier molecular flexibility index (Phi) is 5.81. The Morgan fingerprint density at radius 2 is 1.93 bits per heavy atom. The zero-order chi connectivity index (χ0) is 19.6. The van der Waals surface area contributed by atoms with Gasteiger partial charge >= 0.3 is 0 Å². The number of anilines is 1. The molecule has 27 heavy (non-hydrogen) atoms. The summed E-state index contributed by atoms with van der Waals surface area (Å²) in [6.07, 6.45) is 0. The number of carbonyl (C=O) groups excluding carboxylic acids is 1. The fourth-order valence-electron chi connectivity index (χ4n) is 3.34. The van der Waals surface area contributed by atoms with Crippen molar-refractivity contribution in [3.8, 4) is 0 Å². The van der Waals surface area contributed by atoms with Crippen LogP contribution in [0.4, 0.5) is 18.9 Å². The molecule has 0 bridgehead atoms. The van der Waals surface area contributed by atoms with Crippen LogP contribution in [0.2, 0.25) is 0 Å². The van der Waals surface area contributed by atoms with Crippen LogP contribution in [-0.4, -0.2) is 43.3 Å². The van der Waals surface area contributed by atoms with E-state index in [0.29, 0.717) is 0 Å². The molecule has 1 fully saturated rings. The summed E-state index contributed by atoms with van der Waals surface area (Å²) in [6.45, 7) is 7.61. The molecule has 2 aromatic rings. The number of benzene rings is 1. The van der Waals surface area contributed by atoms with Gasteiger partial charge in [0.1, 0.15) is 44.2 Å². The number of carbonyl (C=O) groups is 1. The van der Waals surface area contributed by atoms with E-state index in [4.69, 9.17) is 4.52 Å². The van der Waals surface area contributed by atoms with Gasteiger partial charge in [-0.05, 0) is 26.0 Å². The van der Waals surface area contributed by atoms with Gasteiger partial charge in [-0.2, -0.15) is 0 Å². The number of nitrogens with zero attached hydrogens (tertiary/aromatic N) is 1. The van der Waals surface area contributed by atoms with Crippen LogP contribution in [-0.2, 0) is 11.3 Å². The molecule has 146 valence electrons. The highest BCUT2D eigenvalue weighted by atomic mass is 19.2. The van der Waals surface area contributed by atoms with E-state index in [9.17, 15) is 18.0 Å². The van der Waals surface area contributed by atoms with Gasteiger partial charge in [-0.1, -0.05) is 5.16 Å². The van der Waals surface area contributed by atoms with E-state index < -0.39 is 29.4 Å². The lowest BCUT2D eigenvalue weighted by molar-refractivity contribution is -1.02. The summed E-state index contributed by atoms with van der Waals surface area (Å²) < 4.78 is 45.1. The van der Waals surface area contributed by atoms with Gasteiger partial charge in [0, 0.05) is 6.07 Å². The normalized spacial score (nSPS) is 21.1. The largest absolute Gasteiger partial charge is 0.361 e. The maximum absolute atomic E-state index is 13.7. The standard InChI is InChI=1S/C18H21F3N4O2/c1-11-9-13(23-27-11)10-24-5-7-25(8-6-24)12(2)18(26)22-15-4-3-14(19)16(20)17(15)21/h3-4,9,12H,5-8,10H2,1-2H3,(H,22,26)/p+2/t12-/m0/s1. The fourth-order valence-corrected chi connectivity index (χ4v) is 3.34. The quantitative estimate of drug-likeness (QED) is 0.621. The molecule has 1 aromatic carbocycles. The van der Waals surface area contributed by atoms with Crippen molar-refractivity contribution in [2.24, 2.45) is 0 Å². The van der Waals surface area contributed by atoms with Crippen molar-refractivity contribution in [2.45, 2.75) is 26.4 Å². The Hall–Kier alpha value is -2.39. The molecule has 0 saturated carbocycles. The predicted molar refractivity (Wildman–Crippen MR) is 90.7 cm³/mol. The second kappa shape index (κ2) is 8.10. The van der Waals surface area contributed by atoms with Gasteiger partial charge in [0.2, 0.25) is 0 Å². The first-order valence-corrected chi connectivity index (χ1v) is 8.90. The van der Waals surface area contributed by atoms with Crippen molar-refractivity contribution in [3.63, 3.8) is 0 Å². The second-order valence-corrected chi connectivity index (χ2v) is 6.95. The molecule has 1 aromatic heterocycles. The van der Waals surface area contributed by atoms with Gasteiger partial charge in [-0.15, -0.1) is 0 Å². The van der Waals surface area contributed by atoms with Crippen LogP contribution < -0.4 is 15.1 Å². The number of aromatic nitrogens is 1. The lowest BCUT2D eigenvalue weighted by Gasteiger charge is -2.32. The minimum absolute atomic E-state index is 0.351. The van der Waals surface area contributed by atoms with Crippen LogP contribution in [0.3, 0.4) is 0 Å². The third-order valence-corrected chi connectivity index (χ3v) is 5.01. The molecule has 0 spiro atoms. The molecule has 9 heteroatoms. The highest BCUT2D eigenvalue weighted by Gasteiger charge is 2.32. The summed E-state index contributed by atoms with van der Waals surface area (Å²) in [7, 11) is 0. The first-order chi connectivity index (χ1) is 12.8. The number of aryl methyl sites for hydroxylation is 1. The van der Waals surface area contributed by atoms with E-state index in [1.54, 1.807) is 6.92 Å². The highest BCUT2D eigenvalue weighted by molar-refractivity contribution is 5.93. The SMILES string of the molecule is Cc1cc(C[NH+]2CC[NH+]([C@@H](C)C(=O)Nc3ccc(F)c(F)c3F)CC2)no1. The number of hydrogen-bond acceptors (Lipinski definition) is 3. The molecule has 1 aliphatic rings. The molecule has 3 rings (SSSR count). The summed E-state index contributed by atoms with van der Waals surface area (Å²) >= 11 is 0. The van der Waals surface area contributed by atoms with Crippen LogP contribution in [0.15, 0.2) is 22.7 Å². The molecule has 3 N–H and O–H groups in total. The molecule has 2 heterocycles. The number of halogens is 3. The number of quaternary nitrogens is 2. The molecule has 1 aliphatic heterocycles. The van der Waals surface area contributed by atoms with E-state index in [1.807, 2.05) is 13.0 Å². The Bertz CT molecular complexity index is 819. The number of piperazine rings is 1. The van der Waals surface area contributed by atoms with E-state index in [1.165, 1.54) is 4.90 Å².